The second-order valence-electron chi connectivity index (χ2n) is 7.38. The van der Waals surface area contributed by atoms with E-state index in [0.717, 1.165) is 35.4 Å². The first-order valence-corrected chi connectivity index (χ1v) is 9.91. The van der Waals surface area contributed by atoms with Gasteiger partial charge in [0, 0.05) is 30.8 Å². The third-order valence-corrected chi connectivity index (χ3v) is 5.39. The lowest BCUT2D eigenvalue weighted by Crippen LogP contribution is -2.39. The minimum absolute atomic E-state index is 0.176. The number of hydrogen-bond donors (Lipinski definition) is 1. The van der Waals surface area contributed by atoms with Crippen LogP contribution in [0.15, 0.2) is 36.7 Å². The Morgan fingerprint density at radius 1 is 1.28 bits per heavy atom. The van der Waals surface area contributed by atoms with Crippen molar-refractivity contribution in [3.05, 3.63) is 36.7 Å². The Morgan fingerprint density at radius 2 is 2.17 bits per heavy atom. The molecule has 1 amide bonds. The number of benzene rings is 1. The second-order valence-corrected chi connectivity index (χ2v) is 7.38. The first kappa shape index (κ1) is 17.8. The molecule has 3 heterocycles. The van der Waals surface area contributed by atoms with E-state index < -0.39 is 0 Å². The van der Waals surface area contributed by atoms with Gasteiger partial charge in [-0.3, -0.25) is 4.79 Å². The number of aromatic nitrogens is 3. The van der Waals surface area contributed by atoms with Crippen LogP contribution in [-0.2, 0) is 4.79 Å². The van der Waals surface area contributed by atoms with Gasteiger partial charge in [0.15, 0.2) is 17.1 Å². The van der Waals surface area contributed by atoms with Crippen molar-refractivity contribution in [2.75, 3.05) is 38.7 Å². The number of carbonyl (C=O) groups is 1. The Morgan fingerprint density at radius 3 is 3.00 bits per heavy atom. The van der Waals surface area contributed by atoms with Crippen molar-refractivity contribution in [3.8, 4) is 22.6 Å². The van der Waals surface area contributed by atoms with Crippen molar-refractivity contribution < 1.29 is 14.3 Å². The fraction of sp³-hybridized carbons (Fsp3) is 0.381. The van der Waals surface area contributed by atoms with Crippen molar-refractivity contribution in [2.24, 2.45) is 5.92 Å². The highest BCUT2D eigenvalue weighted by Gasteiger charge is 2.33. The number of nitrogens with one attached hydrogen (secondary N) is 1. The summed E-state index contributed by atoms with van der Waals surface area (Å²) in [5, 5.41) is 7.75. The van der Waals surface area contributed by atoms with Crippen LogP contribution in [0, 0.1) is 5.92 Å². The number of amides is 1. The number of ether oxygens (including phenoxy) is 2. The molecular formula is C21H23N5O3. The summed E-state index contributed by atoms with van der Waals surface area (Å²) in [5.41, 5.74) is 2.63. The van der Waals surface area contributed by atoms with E-state index in [4.69, 9.17) is 14.5 Å². The summed E-state index contributed by atoms with van der Waals surface area (Å²) >= 11 is 0. The zero-order chi connectivity index (χ0) is 19.8. The van der Waals surface area contributed by atoms with Gasteiger partial charge in [0.05, 0.1) is 19.9 Å². The minimum Gasteiger partial charge on any atom is -0.493 e. The average Bonchev–Trinajstić information content (AvgIpc) is 3.51. The highest BCUT2D eigenvalue weighted by molar-refractivity contribution is 5.81. The number of carbonyl (C=O) groups excluding carboxylic acids is 1. The second kappa shape index (κ2) is 7.27. The van der Waals surface area contributed by atoms with E-state index in [9.17, 15) is 4.79 Å². The molecule has 0 atom stereocenters. The van der Waals surface area contributed by atoms with E-state index >= 15 is 0 Å². The van der Waals surface area contributed by atoms with Gasteiger partial charge in [0.2, 0.25) is 5.91 Å². The number of fused-ring (bicyclic) bond motifs is 4. The first-order chi connectivity index (χ1) is 14.2. The maximum absolute atomic E-state index is 12.7. The summed E-state index contributed by atoms with van der Waals surface area (Å²) in [5.74, 6) is 2.46. The molecule has 150 valence electrons. The number of anilines is 1. The molecule has 0 spiro atoms. The molecule has 4 bridgehead atoms. The van der Waals surface area contributed by atoms with E-state index in [1.165, 1.54) is 0 Å². The monoisotopic (exact) mass is 393 g/mol. The Kier molecular flexibility index (Phi) is 4.46. The Labute approximate surface area is 168 Å². The van der Waals surface area contributed by atoms with Crippen molar-refractivity contribution in [3.63, 3.8) is 0 Å². The van der Waals surface area contributed by atoms with Crippen LogP contribution in [0.5, 0.6) is 11.5 Å². The van der Waals surface area contributed by atoms with E-state index in [-0.39, 0.29) is 11.8 Å². The van der Waals surface area contributed by atoms with Crippen molar-refractivity contribution in [1.29, 1.82) is 0 Å². The van der Waals surface area contributed by atoms with Crippen LogP contribution in [0.2, 0.25) is 0 Å². The van der Waals surface area contributed by atoms with Gasteiger partial charge in [-0.2, -0.15) is 5.10 Å². The van der Waals surface area contributed by atoms with Crippen LogP contribution in [-0.4, -0.2) is 58.8 Å². The average molecular weight is 393 g/mol. The first-order valence-electron chi connectivity index (χ1n) is 9.91. The molecule has 5 rings (SSSR count). The van der Waals surface area contributed by atoms with Crippen LogP contribution >= 0.6 is 0 Å². The molecule has 1 aromatic carbocycles. The van der Waals surface area contributed by atoms with Crippen LogP contribution in [0.3, 0.4) is 0 Å². The van der Waals surface area contributed by atoms with Crippen LogP contribution < -0.4 is 14.8 Å². The van der Waals surface area contributed by atoms with Gasteiger partial charge in [0.1, 0.15) is 12.4 Å². The van der Waals surface area contributed by atoms with Gasteiger partial charge in [-0.05, 0) is 36.6 Å². The van der Waals surface area contributed by atoms with Crippen LogP contribution in [0.4, 0.5) is 5.82 Å². The molecule has 1 fully saturated rings. The van der Waals surface area contributed by atoms with Gasteiger partial charge in [-0.15, -0.1) is 0 Å². The third kappa shape index (κ3) is 3.46. The van der Waals surface area contributed by atoms with E-state index in [2.05, 4.69) is 10.4 Å². The molecule has 0 saturated heterocycles. The number of nitrogens with zero attached hydrogens (tertiary/aromatic N) is 4. The van der Waals surface area contributed by atoms with E-state index in [1.54, 1.807) is 17.8 Å². The maximum Gasteiger partial charge on any atom is 0.225 e. The lowest BCUT2D eigenvalue weighted by atomic mass is 10.1. The van der Waals surface area contributed by atoms with Crippen molar-refractivity contribution in [2.45, 2.75) is 12.8 Å². The molecule has 3 aromatic rings. The van der Waals surface area contributed by atoms with E-state index in [1.807, 2.05) is 35.4 Å². The smallest absolute Gasteiger partial charge is 0.225 e. The maximum atomic E-state index is 12.7. The predicted octanol–water partition coefficient (Wildman–Crippen LogP) is 2.45. The molecule has 1 saturated carbocycles. The predicted molar refractivity (Wildman–Crippen MR) is 108 cm³/mol. The summed E-state index contributed by atoms with van der Waals surface area (Å²) in [6.07, 6.45) is 5.66. The van der Waals surface area contributed by atoms with E-state index in [0.29, 0.717) is 37.7 Å². The quantitative estimate of drug-likeness (QED) is 0.720. The molecular weight excluding hydrogens is 370 g/mol. The lowest BCUT2D eigenvalue weighted by Gasteiger charge is -2.24. The third-order valence-electron chi connectivity index (χ3n) is 5.39. The van der Waals surface area contributed by atoms with Gasteiger partial charge in [0.25, 0.3) is 0 Å². The minimum atomic E-state index is 0.176. The molecule has 2 aliphatic rings. The zero-order valence-electron chi connectivity index (χ0n) is 16.3. The number of rotatable bonds is 2. The molecule has 1 N–H and O–H groups in total. The largest absolute Gasteiger partial charge is 0.493 e. The Hall–Kier alpha value is -3.29. The van der Waals surface area contributed by atoms with Gasteiger partial charge >= 0.3 is 0 Å². The molecule has 1 aliphatic heterocycles. The summed E-state index contributed by atoms with van der Waals surface area (Å²) in [6.45, 7) is 2.18. The zero-order valence-corrected chi connectivity index (χ0v) is 16.3. The number of hydrogen-bond acceptors (Lipinski definition) is 6. The molecule has 8 nitrogen and oxygen atoms in total. The highest BCUT2D eigenvalue weighted by atomic mass is 16.5. The van der Waals surface area contributed by atoms with Crippen LogP contribution in [0.25, 0.3) is 16.8 Å². The lowest BCUT2D eigenvalue weighted by molar-refractivity contribution is -0.132. The fourth-order valence-electron chi connectivity index (χ4n) is 3.63. The Balaban J connectivity index is 1.54. The van der Waals surface area contributed by atoms with Gasteiger partial charge < -0.3 is 19.7 Å². The topological polar surface area (TPSA) is 81.0 Å². The SMILES string of the molecule is COc1ccc2cc1OCCN(C(=O)C1CC1)CCNc1ccn3ncc-2c3n1. The normalized spacial score (nSPS) is 16.8. The fourth-order valence-corrected chi connectivity index (χ4v) is 3.63. The van der Waals surface area contributed by atoms with Crippen LogP contribution in [0.1, 0.15) is 12.8 Å². The van der Waals surface area contributed by atoms with Crippen molar-refractivity contribution >= 4 is 17.4 Å². The molecule has 29 heavy (non-hydrogen) atoms. The molecule has 2 aromatic heterocycles. The molecule has 1 aliphatic carbocycles. The standard InChI is InChI=1S/C21H23N5O3/c1-28-17-5-4-15-12-18(17)29-11-10-25(21(27)14-2-3-14)9-7-22-19-6-8-26-20(24-19)16(15)13-23-26/h4-6,8,12-14H,2-3,7,9-11H2,1H3,(H,22,24). The summed E-state index contributed by atoms with van der Waals surface area (Å²) in [7, 11) is 1.62. The summed E-state index contributed by atoms with van der Waals surface area (Å²) in [4.78, 5) is 19.3. The number of methoxy groups -OCH3 is 1. The molecule has 0 radical (unpaired) electrons. The summed E-state index contributed by atoms with van der Waals surface area (Å²) < 4.78 is 13.2. The Bertz CT molecular complexity index is 1060. The summed E-state index contributed by atoms with van der Waals surface area (Å²) in [6, 6.07) is 7.69. The molecule has 0 unspecified atom stereocenters. The molecule has 8 heteroatoms. The van der Waals surface area contributed by atoms with Crippen molar-refractivity contribution in [1.82, 2.24) is 19.5 Å². The highest BCUT2D eigenvalue weighted by Crippen LogP contribution is 2.34. The van der Waals surface area contributed by atoms with Gasteiger partial charge in [-0.1, -0.05) is 6.07 Å². The van der Waals surface area contributed by atoms with Gasteiger partial charge in [-0.25, -0.2) is 9.50 Å².